The lowest BCUT2D eigenvalue weighted by atomic mass is 10.2. The SMILES string of the molecule is Cc1cccc(Oc2cncc(S(C)(=O)=O)n2)c1. The van der Waals surface area contributed by atoms with Crippen molar-refractivity contribution in [1.29, 1.82) is 0 Å². The van der Waals surface area contributed by atoms with Gasteiger partial charge < -0.3 is 4.74 Å². The molecule has 94 valence electrons. The van der Waals surface area contributed by atoms with Gasteiger partial charge in [-0.2, -0.15) is 4.98 Å². The second kappa shape index (κ2) is 4.73. The fraction of sp³-hybridized carbons (Fsp3) is 0.167. The zero-order chi connectivity index (χ0) is 13.2. The van der Waals surface area contributed by atoms with Crippen LogP contribution < -0.4 is 4.74 Å². The summed E-state index contributed by atoms with van der Waals surface area (Å²) in [7, 11) is -3.38. The molecule has 2 rings (SSSR count). The number of benzene rings is 1. The molecule has 0 N–H and O–H groups in total. The van der Waals surface area contributed by atoms with Gasteiger partial charge in [0.15, 0.2) is 14.9 Å². The van der Waals surface area contributed by atoms with E-state index in [4.69, 9.17) is 4.74 Å². The molecule has 1 heterocycles. The highest BCUT2D eigenvalue weighted by Crippen LogP contribution is 2.20. The Balaban J connectivity index is 2.30. The summed E-state index contributed by atoms with van der Waals surface area (Å²) in [5.74, 6) is 0.749. The molecule has 18 heavy (non-hydrogen) atoms. The second-order valence-corrected chi connectivity index (χ2v) is 5.85. The molecule has 0 aliphatic carbocycles. The van der Waals surface area contributed by atoms with E-state index in [9.17, 15) is 8.42 Å². The third-order valence-electron chi connectivity index (χ3n) is 2.18. The van der Waals surface area contributed by atoms with Crippen LogP contribution in [0.4, 0.5) is 0 Å². The highest BCUT2D eigenvalue weighted by Gasteiger charge is 2.11. The first-order chi connectivity index (χ1) is 8.45. The summed E-state index contributed by atoms with van der Waals surface area (Å²) in [6, 6.07) is 7.38. The second-order valence-electron chi connectivity index (χ2n) is 3.89. The Bertz CT molecular complexity index is 669. The lowest BCUT2D eigenvalue weighted by Gasteiger charge is -2.05. The van der Waals surface area contributed by atoms with Crippen LogP contribution in [0.15, 0.2) is 41.7 Å². The summed E-state index contributed by atoms with van der Waals surface area (Å²) < 4.78 is 28.1. The van der Waals surface area contributed by atoms with Gasteiger partial charge in [0.1, 0.15) is 5.75 Å². The van der Waals surface area contributed by atoms with Crippen molar-refractivity contribution in [1.82, 2.24) is 9.97 Å². The maximum absolute atomic E-state index is 11.3. The Hall–Kier alpha value is -1.95. The van der Waals surface area contributed by atoms with Crippen molar-refractivity contribution in [3.05, 3.63) is 42.2 Å². The molecule has 1 aromatic heterocycles. The number of aromatic nitrogens is 2. The molecule has 0 radical (unpaired) electrons. The number of hydrogen-bond acceptors (Lipinski definition) is 5. The monoisotopic (exact) mass is 264 g/mol. The molecule has 5 nitrogen and oxygen atoms in total. The highest BCUT2D eigenvalue weighted by molar-refractivity contribution is 7.90. The number of rotatable bonds is 3. The Kier molecular flexibility index (Phi) is 3.29. The van der Waals surface area contributed by atoms with Gasteiger partial charge in [-0.25, -0.2) is 8.42 Å². The minimum Gasteiger partial charge on any atom is -0.437 e. The van der Waals surface area contributed by atoms with Crippen LogP contribution in [0.1, 0.15) is 5.56 Å². The molecular weight excluding hydrogens is 252 g/mol. The predicted molar refractivity (Wildman–Crippen MR) is 66.4 cm³/mol. The van der Waals surface area contributed by atoms with Gasteiger partial charge in [0.05, 0.1) is 12.4 Å². The molecule has 0 aliphatic heterocycles. The maximum Gasteiger partial charge on any atom is 0.239 e. The van der Waals surface area contributed by atoms with Crippen LogP contribution in [0.3, 0.4) is 0 Å². The van der Waals surface area contributed by atoms with Crippen molar-refractivity contribution in [2.45, 2.75) is 11.9 Å². The number of sulfone groups is 1. The molecule has 6 heteroatoms. The Morgan fingerprint density at radius 3 is 2.67 bits per heavy atom. The molecule has 0 amide bonds. The van der Waals surface area contributed by atoms with Crippen molar-refractivity contribution < 1.29 is 13.2 Å². The van der Waals surface area contributed by atoms with Crippen LogP contribution in [0.5, 0.6) is 11.6 Å². The first kappa shape index (κ1) is 12.5. The van der Waals surface area contributed by atoms with E-state index >= 15 is 0 Å². The average molecular weight is 264 g/mol. The van der Waals surface area contributed by atoms with Gasteiger partial charge in [0.2, 0.25) is 5.88 Å². The van der Waals surface area contributed by atoms with E-state index in [0.29, 0.717) is 5.75 Å². The fourth-order valence-corrected chi connectivity index (χ4v) is 1.87. The van der Waals surface area contributed by atoms with E-state index in [1.54, 1.807) is 6.07 Å². The van der Waals surface area contributed by atoms with E-state index < -0.39 is 9.84 Å². The Labute approximate surface area is 105 Å². The van der Waals surface area contributed by atoms with Crippen LogP contribution in [-0.4, -0.2) is 24.6 Å². The van der Waals surface area contributed by atoms with Gasteiger partial charge in [-0.15, -0.1) is 0 Å². The fourth-order valence-electron chi connectivity index (χ4n) is 1.36. The van der Waals surface area contributed by atoms with Gasteiger partial charge in [-0.1, -0.05) is 12.1 Å². The van der Waals surface area contributed by atoms with Crippen molar-refractivity contribution in [2.24, 2.45) is 0 Å². The average Bonchev–Trinajstić information content (AvgIpc) is 2.28. The first-order valence-corrected chi connectivity index (χ1v) is 7.11. The maximum atomic E-state index is 11.3. The van der Waals surface area contributed by atoms with E-state index in [2.05, 4.69) is 9.97 Å². The molecule has 0 saturated carbocycles. The molecule has 0 atom stereocenters. The molecule has 1 aromatic carbocycles. The number of nitrogens with zero attached hydrogens (tertiary/aromatic N) is 2. The molecular formula is C12H12N2O3S. The summed E-state index contributed by atoms with van der Waals surface area (Å²) >= 11 is 0. The molecule has 0 bridgehead atoms. The summed E-state index contributed by atoms with van der Waals surface area (Å²) in [5.41, 5.74) is 1.04. The van der Waals surface area contributed by atoms with Crippen LogP contribution in [0, 0.1) is 6.92 Å². The normalized spacial score (nSPS) is 11.2. The third kappa shape index (κ3) is 3.04. The quantitative estimate of drug-likeness (QED) is 0.847. The number of aryl methyl sites for hydroxylation is 1. The molecule has 0 spiro atoms. The van der Waals surface area contributed by atoms with Crippen LogP contribution >= 0.6 is 0 Å². The summed E-state index contributed by atoms with van der Waals surface area (Å²) in [6.45, 7) is 1.94. The van der Waals surface area contributed by atoms with Crippen LogP contribution in [-0.2, 0) is 9.84 Å². The zero-order valence-corrected chi connectivity index (χ0v) is 10.8. The molecule has 0 unspecified atom stereocenters. The summed E-state index contributed by atoms with van der Waals surface area (Å²) in [6.07, 6.45) is 3.64. The van der Waals surface area contributed by atoms with E-state index in [1.807, 2.05) is 25.1 Å². The zero-order valence-electron chi connectivity index (χ0n) is 9.99. The van der Waals surface area contributed by atoms with Crippen molar-refractivity contribution >= 4 is 9.84 Å². The standard InChI is InChI=1S/C12H12N2O3S/c1-9-4-3-5-10(6-9)17-11-7-13-8-12(14-11)18(2,15)16/h3-8H,1-2H3. The van der Waals surface area contributed by atoms with E-state index in [1.165, 1.54) is 12.4 Å². The third-order valence-corrected chi connectivity index (χ3v) is 3.14. The van der Waals surface area contributed by atoms with Crippen LogP contribution in [0.25, 0.3) is 0 Å². The summed E-state index contributed by atoms with van der Waals surface area (Å²) in [5, 5.41) is -0.104. The predicted octanol–water partition coefficient (Wildman–Crippen LogP) is 1.98. The van der Waals surface area contributed by atoms with Crippen LogP contribution in [0.2, 0.25) is 0 Å². The van der Waals surface area contributed by atoms with Crippen molar-refractivity contribution in [3.8, 4) is 11.6 Å². The highest BCUT2D eigenvalue weighted by atomic mass is 32.2. The van der Waals surface area contributed by atoms with Gasteiger partial charge in [0.25, 0.3) is 0 Å². The van der Waals surface area contributed by atoms with Gasteiger partial charge in [-0.3, -0.25) is 4.98 Å². The smallest absolute Gasteiger partial charge is 0.239 e. The Morgan fingerprint density at radius 1 is 1.22 bits per heavy atom. The minimum absolute atomic E-state index is 0.104. The van der Waals surface area contributed by atoms with Crippen molar-refractivity contribution in [2.75, 3.05) is 6.26 Å². The van der Waals surface area contributed by atoms with Crippen molar-refractivity contribution in [3.63, 3.8) is 0 Å². The van der Waals surface area contributed by atoms with Gasteiger partial charge >= 0.3 is 0 Å². The topological polar surface area (TPSA) is 69.2 Å². The molecule has 2 aromatic rings. The molecule has 0 aliphatic rings. The first-order valence-electron chi connectivity index (χ1n) is 5.22. The lowest BCUT2D eigenvalue weighted by molar-refractivity contribution is 0.453. The lowest BCUT2D eigenvalue weighted by Crippen LogP contribution is -2.02. The van der Waals surface area contributed by atoms with Gasteiger partial charge in [-0.05, 0) is 24.6 Å². The Morgan fingerprint density at radius 2 is 2.00 bits per heavy atom. The van der Waals surface area contributed by atoms with Gasteiger partial charge in [0, 0.05) is 6.26 Å². The minimum atomic E-state index is -3.38. The molecule has 0 saturated heterocycles. The largest absolute Gasteiger partial charge is 0.437 e. The summed E-state index contributed by atoms with van der Waals surface area (Å²) in [4.78, 5) is 7.70. The molecule has 0 fully saturated rings. The number of hydrogen-bond donors (Lipinski definition) is 0. The number of ether oxygens (including phenoxy) is 1. The van der Waals surface area contributed by atoms with E-state index in [0.717, 1.165) is 11.8 Å². The van der Waals surface area contributed by atoms with E-state index in [-0.39, 0.29) is 10.9 Å².